The highest BCUT2D eigenvalue weighted by Gasteiger charge is 2.11. The fourth-order valence-electron chi connectivity index (χ4n) is 3.11. The van der Waals surface area contributed by atoms with Gasteiger partial charge in [-0.25, -0.2) is 4.98 Å². The molecule has 4 aromatic rings. The number of benzene rings is 3. The molecule has 28 heavy (non-hydrogen) atoms. The van der Waals surface area contributed by atoms with E-state index in [1.165, 1.54) is 11.1 Å². The Bertz CT molecular complexity index is 1110. The van der Waals surface area contributed by atoms with Gasteiger partial charge in [0, 0.05) is 16.8 Å². The number of rotatable bonds is 5. The first-order chi connectivity index (χ1) is 13.7. The summed E-state index contributed by atoms with van der Waals surface area (Å²) >= 11 is 0. The second-order valence-electron chi connectivity index (χ2n) is 6.76. The van der Waals surface area contributed by atoms with Gasteiger partial charge < -0.3 is 9.73 Å². The molecule has 0 saturated carbocycles. The standard InChI is InChI=1S/C24H22N2O2/c1-3-16-5-9-18(10-6-16)23(27)25-20-13-14-22-21(15-20)26-24(28-22)19-11-7-17(4-2)8-12-19/h5-15H,3-4H2,1-2H3,(H,25,27). The number of fused-ring (bicyclic) bond motifs is 1. The third-order valence-corrected chi connectivity index (χ3v) is 4.88. The van der Waals surface area contributed by atoms with Gasteiger partial charge in [-0.2, -0.15) is 0 Å². The van der Waals surface area contributed by atoms with E-state index in [2.05, 4.69) is 36.3 Å². The van der Waals surface area contributed by atoms with Crippen molar-refractivity contribution in [1.82, 2.24) is 4.98 Å². The second-order valence-corrected chi connectivity index (χ2v) is 6.76. The van der Waals surface area contributed by atoms with Crippen LogP contribution in [0.5, 0.6) is 0 Å². The minimum Gasteiger partial charge on any atom is -0.436 e. The van der Waals surface area contributed by atoms with Crippen molar-refractivity contribution in [2.24, 2.45) is 0 Å². The van der Waals surface area contributed by atoms with Crippen LogP contribution in [0.25, 0.3) is 22.6 Å². The molecule has 1 N–H and O–H groups in total. The minimum absolute atomic E-state index is 0.138. The summed E-state index contributed by atoms with van der Waals surface area (Å²) in [6.45, 7) is 4.22. The fourth-order valence-corrected chi connectivity index (χ4v) is 3.11. The lowest BCUT2D eigenvalue weighted by Crippen LogP contribution is -2.11. The van der Waals surface area contributed by atoms with Gasteiger partial charge in [0.1, 0.15) is 5.52 Å². The normalized spacial score (nSPS) is 10.9. The van der Waals surface area contributed by atoms with E-state index >= 15 is 0 Å². The minimum atomic E-state index is -0.138. The molecule has 0 aliphatic rings. The molecule has 0 aliphatic carbocycles. The van der Waals surface area contributed by atoms with Crippen molar-refractivity contribution in [3.63, 3.8) is 0 Å². The van der Waals surface area contributed by atoms with Crippen molar-refractivity contribution in [3.05, 3.63) is 83.4 Å². The van der Waals surface area contributed by atoms with E-state index in [-0.39, 0.29) is 5.91 Å². The van der Waals surface area contributed by atoms with Crippen molar-refractivity contribution < 1.29 is 9.21 Å². The molecular formula is C24H22N2O2. The number of oxazole rings is 1. The largest absolute Gasteiger partial charge is 0.436 e. The van der Waals surface area contributed by atoms with Crippen LogP contribution in [0.1, 0.15) is 35.3 Å². The number of carbonyl (C=O) groups excluding carboxylic acids is 1. The lowest BCUT2D eigenvalue weighted by molar-refractivity contribution is 0.102. The average Bonchev–Trinajstić information content (AvgIpc) is 3.17. The lowest BCUT2D eigenvalue weighted by atomic mass is 10.1. The van der Waals surface area contributed by atoms with E-state index in [4.69, 9.17) is 4.42 Å². The first-order valence-electron chi connectivity index (χ1n) is 9.56. The van der Waals surface area contributed by atoms with Gasteiger partial charge in [0.25, 0.3) is 5.91 Å². The van der Waals surface area contributed by atoms with Crippen LogP contribution in [0, 0.1) is 0 Å². The SMILES string of the molecule is CCc1ccc(C(=O)Nc2ccc3oc(-c4ccc(CC)cc4)nc3c2)cc1. The molecule has 4 nitrogen and oxygen atoms in total. The van der Waals surface area contributed by atoms with Crippen molar-refractivity contribution in [2.75, 3.05) is 5.32 Å². The van der Waals surface area contributed by atoms with Crippen LogP contribution in [0.2, 0.25) is 0 Å². The number of aryl methyl sites for hydroxylation is 2. The van der Waals surface area contributed by atoms with Crippen molar-refractivity contribution in [1.29, 1.82) is 0 Å². The number of hydrogen-bond donors (Lipinski definition) is 1. The molecule has 4 heteroatoms. The predicted octanol–water partition coefficient (Wildman–Crippen LogP) is 5.87. The van der Waals surface area contributed by atoms with Gasteiger partial charge in [-0.1, -0.05) is 38.1 Å². The van der Waals surface area contributed by atoms with Crippen molar-refractivity contribution >= 4 is 22.7 Å². The number of carbonyl (C=O) groups is 1. The molecule has 0 spiro atoms. The zero-order chi connectivity index (χ0) is 19.5. The second kappa shape index (κ2) is 7.69. The Kier molecular flexibility index (Phi) is 4.94. The first kappa shape index (κ1) is 18.0. The van der Waals surface area contributed by atoms with Crippen LogP contribution in [0.4, 0.5) is 5.69 Å². The van der Waals surface area contributed by atoms with Gasteiger partial charge in [-0.15, -0.1) is 0 Å². The predicted molar refractivity (Wildman–Crippen MR) is 113 cm³/mol. The summed E-state index contributed by atoms with van der Waals surface area (Å²) in [6, 6.07) is 21.4. The van der Waals surface area contributed by atoms with E-state index in [0.717, 1.165) is 18.4 Å². The molecule has 3 aromatic carbocycles. The third-order valence-electron chi connectivity index (χ3n) is 4.88. The molecule has 1 aromatic heterocycles. The Balaban J connectivity index is 1.56. The monoisotopic (exact) mass is 370 g/mol. The van der Waals surface area contributed by atoms with Crippen LogP contribution in [-0.4, -0.2) is 10.9 Å². The molecule has 1 amide bonds. The molecule has 0 aliphatic heterocycles. The molecule has 1 heterocycles. The summed E-state index contributed by atoms with van der Waals surface area (Å²) in [7, 11) is 0. The Labute approximate surface area is 164 Å². The molecule has 0 unspecified atom stereocenters. The number of nitrogens with zero attached hydrogens (tertiary/aromatic N) is 1. The summed E-state index contributed by atoms with van der Waals surface area (Å²) in [6.07, 6.45) is 1.95. The number of hydrogen-bond acceptors (Lipinski definition) is 3. The molecule has 0 saturated heterocycles. The highest BCUT2D eigenvalue weighted by atomic mass is 16.3. The van der Waals surface area contributed by atoms with Gasteiger partial charge in [0.05, 0.1) is 0 Å². The Morgan fingerprint density at radius 3 is 2.18 bits per heavy atom. The zero-order valence-electron chi connectivity index (χ0n) is 16.0. The Hall–Kier alpha value is -3.40. The van der Waals surface area contributed by atoms with Gasteiger partial charge in [-0.05, 0) is 66.4 Å². The number of amides is 1. The molecule has 0 radical (unpaired) electrons. The van der Waals surface area contributed by atoms with Gasteiger partial charge >= 0.3 is 0 Å². The van der Waals surface area contributed by atoms with Gasteiger partial charge in [0.15, 0.2) is 5.58 Å². The van der Waals surface area contributed by atoms with Crippen molar-refractivity contribution in [2.45, 2.75) is 26.7 Å². The Morgan fingerprint density at radius 1 is 0.893 bits per heavy atom. The zero-order valence-corrected chi connectivity index (χ0v) is 16.0. The first-order valence-corrected chi connectivity index (χ1v) is 9.56. The number of aromatic nitrogens is 1. The molecule has 0 bridgehead atoms. The van der Waals surface area contributed by atoms with E-state index in [9.17, 15) is 4.79 Å². The van der Waals surface area contributed by atoms with Crippen molar-refractivity contribution in [3.8, 4) is 11.5 Å². The fraction of sp³-hybridized carbons (Fsp3) is 0.167. The smallest absolute Gasteiger partial charge is 0.255 e. The molecule has 4 rings (SSSR count). The topological polar surface area (TPSA) is 55.1 Å². The molecule has 0 atom stereocenters. The van der Waals surface area contributed by atoms with E-state index in [1.54, 1.807) is 0 Å². The van der Waals surface area contributed by atoms with Gasteiger partial charge in [-0.3, -0.25) is 4.79 Å². The average molecular weight is 370 g/mol. The van der Waals surface area contributed by atoms with Crippen LogP contribution in [0.3, 0.4) is 0 Å². The molecule has 0 fully saturated rings. The quantitative estimate of drug-likeness (QED) is 0.478. The lowest BCUT2D eigenvalue weighted by Gasteiger charge is -2.05. The third kappa shape index (κ3) is 3.67. The maximum absolute atomic E-state index is 12.5. The molecule has 140 valence electrons. The van der Waals surface area contributed by atoms with Crippen LogP contribution in [-0.2, 0) is 12.8 Å². The summed E-state index contributed by atoms with van der Waals surface area (Å²) in [5.74, 6) is 0.442. The van der Waals surface area contributed by atoms with E-state index in [1.807, 2.05) is 54.6 Å². The van der Waals surface area contributed by atoms with Crippen LogP contribution in [0.15, 0.2) is 71.1 Å². The van der Waals surface area contributed by atoms with Crippen LogP contribution >= 0.6 is 0 Å². The number of nitrogens with one attached hydrogen (secondary N) is 1. The maximum Gasteiger partial charge on any atom is 0.255 e. The molecular weight excluding hydrogens is 348 g/mol. The maximum atomic E-state index is 12.5. The van der Waals surface area contributed by atoms with Crippen LogP contribution < -0.4 is 5.32 Å². The highest BCUT2D eigenvalue weighted by molar-refractivity contribution is 6.05. The Morgan fingerprint density at radius 2 is 1.54 bits per heavy atom. The van der Waals surface area contributed by atoms with Gasteiger partial charge in [0.2, 0.25) is 5.89 Å². The highest BCUT2D eigenvalue weighted by Crippen LogP contribution is 2.26. The van der Waals surface area contributed by atoms with E-state index < -0.39 is 0 Å². The van der Waals surface area contributed by atoms with E-state index in [0.29, 0.717) is 28.2 Å². The summed E-state index contributed by atoms with van der Waals surface area (Å²) in [5.41, 5.74) is 6.16. The number of anilines is 1. The summed E-state index contributed by atoms with van der Waals surface area (Å²) in [5, 5.41) is 2.93. The summed E-state index contributed by atoms with van der Waals surface area (Å²) < 4.78 is 5.87. The summed E-state index contributed by atoms with van der Waals surface area (Å²) in [4.78, 5) is 17.1.